The van der Waals surface area contributed by atoms with Gasteiger partial charge in [-0.05, 0) is 18.2 Å². The Morgan fingerprint density at radius 3 is 0.650 bits per heavy atom. The first-order chi connectivity index (χ1) is 6.81. The predicted octanol–water partition coefficient (Wildman–Crippen LogP) is -13.0. The SMILES string of the molecule is C=CC(=O)[O-].C=CC(=O)[O-].C=CC(=O)[O-].[Al+3].[Al+3].[Cl-].[Cl-].[Cl-]. The van der Waals surface area contributed by atoms with Gasteiger partial charge in [-0.2, -0.15) is 0 Å². The molecular weight excluding hydrogens is 364 g/mol. The van der Waals surface area contributed by atoms with E-state index in [9.17, 15) is 0 Å². The Morgan fingerprint density at radius 2 is 0.650 bits per heavy atom. The Balaban J connectivity index is -0.0000000160. The molecule has 0 aromatic heterocycles. The third-order valence-corrected chi connectivity index (χ3v) is 0.500. The van der Waals surface area contributed by atoms with Crippen molar-refractivity contribution in [3.63, 3.8) is 0 Å². The van der Waals surface area contributed by atoms with Gasteiger partial charge in [-0.3, -0.25) is 0 Å². The smallest absolute Gasteiger partial charge is 1.00 e. The van der Waals surface area contributed by atoms with Gasteiger partial charge in [-0.25, -0.2) is 0 Å². The zero-order valence-electron chi connectivity index (χ0n) is 10.1. The Morgan fingerprint density at radius 1 is 0.600 bits per heavy atom. The first-order valence-corrected chi connectivity index (χ1v) is 3.32. The fourth-order valence-corrected chi connectivity index (χ4v) is 0. The van der Waals surface area contributed by atoms with E-state index < -0.39 is 17.9 Å². The molecule has 20 heavy (non-hydrogen) atoms. The van der Waals surface area contributed by atoms with E-state index in [0.29, 0.717) is 0 Å². The van der Waals surface area contributed by atoms with Gasteiger partial charge >= 0.3 is 34.7 Å². The van der Waals surface area contributed by atoms with Crippen LogP contribution in [0.5, 0.6) is 0 Å². The summed E-state index contributed by atoms with van der Waals surface area (Å²) in [5.74, 6) is -3.69. The summed E-state index contributed by atoms with van der Waals surface area (Å²) in [4.78, 5) is 27.4. The van der Waals surface area contributed by atoms with Crippen LogP contribution < -0.4 is 52.5 Å². The zero-order chi connectivity index (χ0) is 12.9. The molecule has 0 atom stereocenters. The number of hydrogen-bond donors (Lipinski definition) is 0. The monoisotopic (exact) mass is 372 g/mol. The van der Waals surface area contributed by atoms with Gasteiger partial charge in [0.2, 0.25) is 0 Å². The van der Waals surface area contributed by atoms with Gasteiger partial charge in [-0.1, -0.05) is 19.7 Å². The molecule has 0 spiro atoms. The number of rotatable bonds is 3. The van der Waals surface area contributed by atoms with Crippen LogP contribution in [-0.2, 0) is 14.4 Å². The number of carbonyl (C=O) groups is 3. The van der Waals surface area contributed by atoms with Gasteiger partial charge in [-0.15, -0.1) is 0 Å². The van der Waals surface area contributed by atoms with Gasteiger partial charge in [0, 0.05) is 0 Å². The second-order valence-corrected chi connectivity index (χ2v) is 1.57. The topological polar surface area (TPSA) is 120 Å². The van der Waals surface area contributed by atoms with Crippen molar-refractivity contribution in [2.75, 3.05) is 0 Å². The van der Waals surface area contributed by atoms with Crippen LogP contribution in [0.1, 0.15) is 0 Å². The average molecular weight is 373 g/mol. The molecule has 0 radical (unpaired) electrons. The largest absolute Gasteiger partial charge is 3.00 e. The maximum Gasteiger partial charge on any atom is 3.00 e. The predicted molar refractivity (Wildman–Crippen MR) is 57.1 cm³/mol. The number of halogens is 3. The third-order valence-electron chi connectivity index (χ3n) is 0.500. The van der Waals surface area contributed by atoms with E-state index in [0.717, 1.165) is 18.2 Å². The molecule has 0 aliphatic heterocycles. The molecule has 0 rings (SSSR count). The van der Waals surface area contributed by atoms with Crippen molar-refractivity contribution in [2.24, 2.45) is 0 Å². The summed E-state index contributed by atoms with van der Waals surface area (Å²) in [5.41, 5.74) is 0. The zero-order valence-corrected chi connectivity index (χ0v) is 14.7. The second-order valence-electron chi connectivity index (χ2n) is 1.57. The Labute approximate surface area is 157 Å². The molecule has 0 bridgehead atoms. The molecule has 0 aromatic carbocycles. The second kappa shape index (κ2) is 42.8. The molecule has 0 heterocycles. The number of carboxylic acid groups (broad SMARTS) is 3. The maximum absolute atomic E-state index is 9.14. The summed E-state index contributed by atoms with van der Waals surface area (Å²) in [5, 5.41) is 27.4. The fraction of sp³-hybridized carbons (Fsp3) is 0. The summed E-state index contributed by atoms with van der Waals surface area (Å²) in [6.45, 7) is 8.69. The molecule has 0 amide bonds. The van der Waals surface area contributed by atoms with E-state index in [4.69, 9.17) is 29.7 Å². The molecule has 0 unspecified atom stereocenters. The minimum atomic E-state index is -1.23. The van der Waals surface area contributed by atoms with Crippen molar-refractivity contribution in [3.05, 3.63) is 38.0 Å². The van der Waals surface area contributed by atoms with Crippen molar-refractivity contribution in [1.82, 2.24) is 0 Å². The van der Waals surface area contributed by atoms with Crippen molar-refractivity contribution in [1.29, 1.82) is 0 Å². The summed E-state index contributed by atoms with van der Waals surface area (Å²) < 4.78 is 0. The molecular formula is C9H9Al2Cl3O6. The number of hydrogen-bond acceptors (Lipinski definition) is 6. The molecule has 0 aromatic rings. The summed E-state index contributed by atoms with van der Waals surface area (Å²) >= 11 is 0. The van der Waals surface area contributed by atoms with E-state index in [1.54, 1.807) is 0 Å². The normalized spacial score (nSPS) is 4.80. The quantitative estimate of drug-likeness (QED) is 0.358. The van der Waals surface area contributed by atoms with Crippen LogP contribution in [0.3, 0.4) is 0 Å². The first-order valence-electron chi connectivity index (χ1n) is 3.32. The molecule has 11 heteroatoms. The number of aliphatic carboxylic acids is 3. The van der Waals surface area contributed by atoms with E-state index >= 15 is 0 Å². The Bertz CT molecular complexity index is 232. The summed E-state index contributed by atoms with van der Waals surface area (Å²) in [6.07, 6.45) is 2.17. The van der Waals surface area contributed by atoms with Gasteiger partial charge in [0.1, 0.15) is 0 Å². The molecule has 108 valence electrons. The van der Waals surface area contributed by atoms with Gasteiger partial charge in [0.15, 0.2) is 0 Å². The van der Waals surface area contributed by atoms with Gasteiger partial charge in [0.05, 0.1) is 17.9 Å². The maximum atomic E-state index is 9.14. The molecule has 0 aliphatic rings. The van der Waals surface area contributed by atoms with Crippen LogP contribution in [0.2, 0.25) is 0 Å². The fourth-order valence-electron chi connectivity index (χ4n) is 0. The van der Waals surface area contributed by atoms with Crippen LogP contribution in [0, 0.1) is 0 Å². The molecule has 0 N–H and O–H groups in total. The van der Waals surface area contributed by atoms with Crippen molar-refractivity contribution in [3.8, 4) is 0 Å². The number of carbonyl (C=O) groups excluding carboxylic acids is 3. The van der Waals surface area contributed by atoms with Crippen LogP contribution in [0.25, 0.3) is 0 Å². The van der Waals surface area contributed by atoms with E-state index in [2.05, 4.69) is 19.7 Å². The van der Waals surface area contributed by atoms with Crippen LogP contribution >= 0.6 is 0 Å². The Hall–Kier alpha value is -0.435. The Kier molecular flexibility index (Phi) is 108. The minimum absolute atomic E-state index is 0. The van der Waals surface area contributed by atoms with Crippen LogP contribution in [0.15, 0.2) is 38.0 Å². The van der Waals surface area contributed by atoms with Gasteiger partial charge < -0.3 is 66.9 Å². The molecule has 6 nitrogen and oxygen atoms in total. The van der Waals surface area contributed by atoms with E-state index in [-0.39, 0.29) is 71.9 Å². The first kappa shape index (κ1) is 50.4. The van der Waals surface area contributed by atoms with Crippen LogP contribution in [0.4, 0.5) is 0 Å². The van der Waals surface area contributed by atoms with Gasteiger partial charge in [0.25, 0.3) is 0 Å². The third kappa shape index (κ3) is 156. The molecule has 0 fully saturated rings. The molecule has 0 saturated carbocycles. The van der Waals surface area contributed by atoms with Crippen molar-refractivity contribution >= 4 is 52.6 Å². The average Bonchev–Trinajstić information content (AvgIpc) is 2.19. The standard InChI is InChI=1S/3C3H4O2.2Al.3ClH/c3*1-2-3(4)5;;;;;/h3*2H,1H2,(H,4,5);;;3*1H/q;;;2*+3;;;/p-6. The molecule has 0 saturated heterocycles. The van der Waals surface area contributed by atoms with E-state index in [1.165, 1.54) is 0 Å². The number of carboxylic acids is 3. The van der Waals surface area contributed by atoms with Crippen LogP contribution in [-0.4, -0.2) is 52.6 Å². The van der Waals surface area contributed by atoms with Crippen molar-refractivity contribution in [2.45, 2.75) is 0 Å². The van der Waals surface area contributed by atoms with E-state index in [1.807, 2.05) is 0 Å². The molecule has 0 aliphatic carbocycles. The summed E-state index contributed by atoms with van der Waals surface area (Å²) in [6, 6.07) is 0. The minimum Gasteiger partial charge on any atom is -1.00 e. The summed E-state index contributed by atoms with van der Waals surface area (Å²) in [7, 11) is 0. The van der Waals surface area contributed by atoms with Crippen molar-refractivity contribution < 1.29 is 66.9 Å².